The topological polar surface area (TPSA) is 90.4 Å². The summed E-state index contributed by atoms with van der Waals surface area (Å²) in [6, 6.07) is 10.7. The summed E-state index contributed by atoms with van der Waals surface area (Å²) in [7, 11) is 1.61. The summed E-state index contributed by atoms with van der Waals surface area (Å²) >= 11 is 1.26. The highest BCUT2D eigenvalue weighted by molar-refractivity contribution is 7.25. The summed E-state index contributed by atoms with van der Waals surface area (Å²) in [5.41, 5.74) is 1.50. The Hall–Kier alpha value is -3.72. The first-order chi connectivity index (χ1) is 16.0. The van der Waals surface area contributed by atoms with Gasteiger partial charge >= 0.3 is 0 Å². The van der Waals surface area contributed by atoms with Crippen molar-refractivity contribution < 1.29 is 18.7 Å². The molecule has 0 radical (unpaired) electrons. The van der Waals surface area contributed by atoms with Crippen LogP contribution in [0.5, 0.6) is 11.5 Å². The molecule has 0 amide bonds. The van der Waals surface area contributed by atoms with Crippen LogP contribution in [0.1, 0.15) is 30.1 Å². The van der Waals surface area contributed by atoms with Crippen LogP contribution in [-0.4, -0.2) is 26.8 Å². The van der Waals surface area contributed by atoms with E-state index in [9.17, 15) is 14.3 Å². The van der Waals surface area contributed by atoms with E-state index in [1.54, 1.807) is 25.3 Å². The third kappa shape index (κ3) is 3.19. The van der Waals surface area contributed by atoms with Crippen LogP contribution >= 0.6 is 11.3 Å². The van der Waals surface area contributed by atoms with E-state index in [1.807, 2.05) is 18.2 Å². The van der Waals surface area contributed by atoms with Gasteiger partial charge in [0, 0.05) is 10.9 Å². The number of phenols is 1. The van der Waals surface area contributed by atoms with E-state index in [1.165, 1.54) is 15.9 Å². The van der Waals surface area contributed by atoms with E-state index in [2.05, 4.69) is 4.98 Å². The first kappa shape index (κ1) is 19.9. The molecule has 9 heteroatoms. The number of ether oxygens (including phenoxy) is 1. The number of rotatable bonds is 5. The Bertz CT molecular complexity index is 1600. The Morgan fingerprint density at radius 3 is 2.88 bits per heavy atom. The van der Waals surface area contributed by atoms with E-state index < -0.39 is 5.95 Å². The molecule has 0 spiro atoms. The SMILES string of the molecule is COc1ccc(-c2nc3sc4c(O)cccc4c3c(=O)n2Cc2ocnc2F)c(C2CC2)c1. The molecular formula is C24H18FN3O4S. The van der Waals surface area contributed by atoms with Gasteiger partial charge in [-0.15, -0.1) is 11.3 Å². The fourth-order valence-corrected chi connectivity index (χ4v) is 5.30. The fraction of sp³-hybridized carbons (Fsp3) is 0.208. The van der Waals surface area contributed by atoms with Crippen molar-refractivity contribution in [2.75, 3.05) is 7.11 Å². The monoisotopic (exact) mass is 463 g/mol. The van der Waals surface area contributed by atoms with Gasteiger partial charge in [-0.3, -0.25) is 9.36 Å². The first-order valence-electron chi connectivity index (χ1n) is 10.5. The third-order valence-electron chi connectivity index (χ3n) is 6.01. The maximum atomic E-state index is 14.2. The van der Waals surface area contributed by atoms with Crippen LogP contribution in [0.25, 0.3) is 31.7 Å². The number of thiophene rings is 1. The highest BCUT2D eigenvalue weighted by Crippen LogP contribution is 2.46. The second-order valence-corrected chi connectivity index (χ2v) is 9.06. The zero-order chi connectivity index (χ0) is 22.7. The molecule has 1 saturated carbocycles. The van der Waals surface area contributed by atoms with Gasteiger partial charge in [-0.1, -0.05) is 12.1 Å². The summed E-state index contributed by atoms with van der Waals surface area (Å²) in [5, 5.41) is 11.3. The summed E-state index contributed by atoms with van der Waals surface area (Å²) in [4.78, 5) is 22.7. The van der Waals surface area contributed by atoms with Crippen molar-refractivity contribution in [2.45, 2.75) is 25.3 Å². The maximum absolute atomic E-state index is 14.2. The minimum atomic E-state index is -0.766. The molecular weight excluding hydrogens is 445 g/mol. The molecule has 1 aliphatic rings. The van der Waals surface area contributed by atoms with E-state index in [4.69, 9.17) is 14.1 Å². The smallest absolute Gasteiger partial charge is 0.263 e. The largest absolute Gasteiger partial charge is 0.506 e. The van der Waals surface area contributed by atoms with Crippen molar-refractivity contribution in [2.24, 2.45) is 0 Å². The highest BCUT2D eigenvalue weighted by atomic mass is 32.1. The predicted molar refractivity (Wildman–Crippen MR) is 123 cm³/mol. The average molecular weight is 463 g/mol. The minimum absolute atomic E-state index is 0.0524. The third-order valence-corrected chi connectivity index (χ3v) is 7.13. The minimum Gasteiger partial charge on any atom is -0.506 e. The zero-order valence-electron chi connectivity index (χ0n) is 17.5. The molecule has 1 N–H and O–H groups in total. The van der Waals surface area contributed by atoms with Gasteiger partial charge in [-0.2, -0.15) is 9.37 Å². The van der Waals surface area contributed by atoms with Crippen LogP contribution in [0.15, 0.2) is 52.0 Å². The first-order valence-corrected chi connectivity index (χ1v) is 11.3. The number of fused-ring (bicyclic) bond motifs is 3. The summed E-state index contributed by atoms with van der Waals surface area (Å²) in [5.74, 6) is 0.765. The van der Waals surface area contributed by atoms with Crippen LogP contribution in [-0.2, 0) is 6.54 Å². The van der Waals surface area contributed by atoms with Crippen LogP contribution in [0.3, 0.4) is 0 Å². The lowest BCUT2D eigenvalue weighted by Gasteiger charge is -2.15. The number of methoxy groups -OCH3 is 1. The lowest BCUT2D eigenvalue weighted by molar-refractivity contribution is 0.414. The molecule has 33 heavy (non-hydrogen) atoms. The number of oxazole rings is 1. The molecule has 0 aliphatic heterocycles. The summed E-state index contributed by atoms with van der Waals surface area (Å²) in [6.45, 7) is -0.158. The Morgan fingerprint density at radius 2 is 2.15 bits per heavy atom. The lowest BCUT2D eigenvalue weighted by atomic mass is 10.0. The molecule has 0 bridgehead atoms. The van der Waals surface area contributed by atoms with Crippen LogP contribution in [0, 0.1) is 5.95 Å². The number of hydrogen-bond acceptors (Lipinski definition) is 7. The van der Waals surface area contributed by atoms with Gasteiger partial charge in [0.25, 0.3) is 11.5 Å². The molecule has 1 aliphatic carbocycles. The standard InChI is InChI=1S/C24H18FN3O4S/c1-31-13-7-8-14(16(9-13)12-5-6-12)22-27-23-19(15-3-2-4-17(29)20(15)33-23)24(30)28(22)10-18-21(25)26-11-32-18/h2-4,7-9,11-12,29H,5-6,10H2,1H3. The molecule has 0 saturated heterocycles. The van der Waals surface area contributed by atoms with E-state index in [0.29, 0.717) is 32.0 Å². The Kier molecular flexibility index (Phi) is 4.48. The number of nitrogens with zero attached hydrogens (tertiary/aromatic N) is 3. The normalized spacial score (nSPS) is 13.8. The van der Waals surface area contributed by atoms with Crippen molar-refractivity contribution in [3.05, 3.63) is 70.4 Å². The van der Waals surface area contributed by atoms with Gasteiger partial charge in [-0.25, -0.2) is 4.98 Å². The van der Waals surface area contributed by atoms with Crippen LogP contribution < -0.4 is 10.3 Å². The molecule has 6 rings (SSSR count). The Balaban J connectivity index is 1.68. The van der Waals surface area contributed by atoms with Gasteiger partial charge in [-0.05, 0) is 48.6 Å². The quantitative estimate of drug-likeness (QED) is 0.393. The van der Waals surface area contributed by atoms with Crippen LogP contribution in [0.2, 0.25) is 0 Å². The Labute approximate surface area is 190 Å². The van der Waals surface area contributed by atoms with Crippen molar-refractivity contribution in [1.29, 1.82) is 0 Å². The van der Waals surface area contributed by atoms with Gasteiger partial charge in [0.15, 0.2) is 12.2 Å². The molecule has 1 fully saturated rings. The highest BCUT2D eigenvalue weighted by Gasteiger charge is 2.29. The van der Waals surface area contributed by atoms with Gasteiger partial charge in [0.05, 0.1) is 23.7 Å². The van der Waals surface area contributed by atoms with Crippen molar-refractivity contribution >= 4 is 31.6 Å². The van der Waals surface area contributed by atoms with E-state index >= 15 is 0 Å². The number of hydrogen-bond donors (Lipinski definition) is 1. The predicted octanol–water partition coefficient (Wildman–Crippen LogP) is 5.05. The van der Waals surface area contributed by atoms with E-state index in [-0.39, 0.29) is 23.6 Å². The molecule has 166 valence electrons. The molecule has 0 atom stereocenters. The van der Waals surface area contributed by atoms with Crippen molar-refractivity contribution in [1.82, 2.24) is 14.5 Å². The Morgan fingerprint density at radius 1 is 1.30 bits per heavy atom. The fourth-order valence-electron chi connectivity index (χ4n) is 4.22. The van der Waals surface area contributed by atoms with Gasteiger partial charge in [0.2, 0.25) is 0 Å². The number of aromatic nitrogens is 3. The van der Waals surface area contributed by atoms with Crippen molar-refractivity contribution in [3.8, 4) is 22.9 Å². The molecule has 3 heterocycles. The summed E-state index contributed by atoms with van der Waals surface area (Å²) < 4.78 is 26.8. The molecule has 0 unspecified atom stereocenters. The van der Waals surface area contributed by atoms with E-state index in [0.717, 1.165) is 36.1 Å². The van der Waals surface area contributed by atoms with Crippen LogP contribution in [0.4, 0.5) is 4.39 Å². The molecule has 7 nitrogen and oxygen atoms in total. The van der Waals surface area contributed by atoms with Gasteiger partial charge < -0.3 is 14.3 Å². The molecule has 5 aromatic rings. The second-order valence-electron chi connectivity index (χ2n) is 8.06. The van der Waals surface area contributed by atoms with Gasteiger partial charge in [0.1, 0.15) is 22.2 Å². The molecule has 3 aromatic heterocycles. The number of aromatic hydroxyl groups is 1. The second kappa shape index (κ2) is 7.41. The number of benzene rings is 2. The average Bonchev–Trinajstić information content (AvgIpc) is 3.48. The lowest BCUT2D eigenvalue weighted by Crippen LogP contribution is -2.24. The van der Waals surface area contributed by atoms with Crippen molar-refractivity contribution in [3.63, 3.8) is 0 Å². The maximum Gasteiger partial charge on any atom is 0.263 e. The summed E-state index contributed by atoms with van der Waals surface area (Å²) in [6.07, 6.45) is 3.10. The number of phenolic OH excluding ortho intramolecular Hbond substituents is 1. The molecule has 2 aromatic carbocycles. The zero-order valence-corrected chi connectivity index (χ0v) is 18.4. The number of halogens is 1.